The van der Waals surface area contributed by atoms with Gasteiger partial charge in [0.15, 0.2) is 0 Å². The van der Waals surface area contributed by atoms with Gasteiger partial charge in [0.25, 0.3) is 0 Å². The highest BCUT2D eigenvalue weighted by atomic mass is 16.4. The third kappa shape index (κ3) is 18.7. The normalized spacial score (nSPS) is 10.7. The molecule has 0 radical (unpaired) electrons. The summed E-state index contributed by atoms with van der Waals surface area (Å²) in [7, 11) is 4.23. The van der Waals surface area contributed by atoms with Crippen LogP contribution in [-0.4, -0.2) is 59.8 Å². The first-order valence-corrected chi connectivity index (χ1v) is 5.76. The average Bonchev–Trinajstić information content (AvgIpc) is 2.26. The van der Waals surface area contributed by atoms with E-state index in [4.69, 9.17) is 10.2 Å². The molecule has 0 aromatic heterocycles. The van der Waals surface area contributed by atoms with Crippen molar-refractivity contribution in [2.24, 2.45) is 0 Å². The number of hydrogen-bond donors (Lipinski definition) is 2. The van der Waals surface area contributed by atoms with Crippen LogP contribution in [0, 0.1) is 0 Å². The van der Waals surface area contributed by atoms with Crippen molar-refractivity contribution in [3.63, 3.8) is 0 Å². The van der Waals surface area contributed by atoms with E-state index in [1.54, 1.807) is 0 Å². The molecular weight excluding hydrogens is 254 g/mol. The van der Waals surface area contributed by atoms with Crippen LogP contribution in [0.25, 0.3) is 0 Å². The maximum atomic E-state index is 10.2. The molecule has 7 heteroatoms. The minimum absolute atomic E-state index is 0.293. The van der Waals surface area contributed by atoms with Gasteiger partial charge in [-0.1, -0.05) is 0 Å². The number of rotatable bonds is 7. The molecule has 0 atom stereocenters. The van der Waals surface area contributed by atoms with E-state index in [0.29, 0.717) is 18.6 Å². The van der Waals surface area contributed by atoms with E-state index in [1.165, 1.54) is 0 Å². The van der Waals surface area contributed by atoms with Crippen LogP contribution in [0.5, 0.6) is 0 Å². The summed E-state index contributed by atoms with van der Waals surface area (Å²) in [5.41, 5.74) is 0. The lowest BCUT2D eigenvalue weighted by atomic mass is 10.3. The van der Waals surface area contributed by atoms with Gasteiger partial charge < -0.3 is 24.6 Å². The van der Waals surface area contributed by atoms with Crippen molar-refractivity contribution in [3.05, 3.63) is 12.2 Å². The number of carbonyl (C=O) groups is 3. The van der Waals surface area contributed by atoms with Crippen molar-refractivity contribution in [2.45, 2.75) is 19.8 Å². The molecule has 0 saturated heterocycles. The lowest BCUT2D eigenvalue weighted by Crippen LogP contribution is -2.40. The average molecular weight is 275 g/mol. The van der Waals surface area contributed by atoms with Crippen LogP contribution in [0.15, 0.2) is 12.2 Å². The van der Waals surface area contributed by atoms with Gasteiger partial charge in [0.1, 0.15) is 0 Å². The Bertz CT molecular complexity index is 319. The fourth-order valence-electron chi connectivity index (χ4n) is 0.956. The Morgan fingerprint density at radius 1 is 1.16 bits per heavy atom. The van der Waals surface area contributed by atoms with Crippen molar-refractivity contribution in [2.75, 3.05) is 27.2 Å². The third-order valence-corrected chi connectivity index (χ3v) is 2.37. The Morgan fingerprint density at radius 3 is 1.95 bits per heavy atom. The first kappa shape index (κ1) is 19.4. The second kappa shape index (κ2) is 10.1. The zero-order valence-electron chi connectivity index (χ0n) is 11.5. The highest BCUT2D eigenvalue weighted by Crippen LogP contribution is 2.00. The van der Waals surface area contributed by atoms with E-state index >= 15 is 0 Å². The monoisotopic (exact) mass is 275 g/mol. The van der Waals surface area contributed by atoms with E-state index in [1.807, 2.05) is 0 Å². The van der Waals surface area contributed by atoms with Crippen molar-refractivity contribution >= 4 is 17.9 Å². The molecule has 0 bridgehead atoms. The molecule has 0 saturated carbocycles. The fourth-order valence-corrected chi connectivity index (χ4v) is 0.956. The van der Waals surface area contributed by atoms with Gasteiger partial charge in [-0.25, -0.2) is 4.79 Å². The maximum absolute atomic E-state index is 10.2. The minimum atomic E-state index is -1.51. The first-order chi connectivity index (χ1) is 8.60. The van der Waals surface area contributed by atoms with Crippen LogP contribution in [0.2, 0.25) is 0 Å². The number of carbonyl (C=O) groups excluding carboxylic acids is 1. The van der Waals surface area contributed by atoms with Gasteiger partial charge >= 0.3 is 11.9 Å². The first-order valence-electron chi connectivity index (χ1n) is 5.76. The molecule has 0 fully saturated rings. The van der Waals surface area contributed by atoms with Crippen molar-refractivity contribution in [1.82, 2.24) is 0 Å². The van der Waals surface area contributed by atoms with Gasteiger partial charge in [-0.15, -0.1) is 0 Å². The predicted molar refractivity (Wildman–Crippen MR) is 66.2 cm³/mol. The fraction of sp³-hybridized carbons (Fsp3) is 0.583. The van der Waals surface area contributed by atoms with Gasteiger partial charge in [0, 0.05) is 12.5 Å². The zero-order chi connectivity index (χ0) is 15.5. The highest BCUT2D eigenvalue weighted by molar-refractivity contribution is 5.88. The van der Waals surface area contributed by atoms with Crippen molar-refractivity contribution < 1.29 is 34.2 Å². The number of aliphatic carboxylic acids is 3. The summed E-state index contributed by atoms with van der Waals surface area (Å²) in [6.45, 7) is 4.11. The molecule has 0 unspecified atom stereocenters. The molecular formula is C12H21NO6. The second-order valence-corrected chi connectivity index (χ2v) is 4.46. The van der Waals surface area contributed by atoms with Crippen LogP contribution in [-0.2, 0) is 14.4 Å². The predicted octanol–water partition coefficient (Wildman–Crippen LogP) is -0.675. The standard InChI is InChI=1S/C8H17NO2.C4H4O4/c1-4-9(2,3)7-5-6-8(10)11;5-3(6)1-2-4(7)8/h4-7H2,1-3H3;1-2H,(H,5,6)(H,7,8). The molecule has 0 aliphatic heterocycles. The van der Waals surface area contributed by atoms with Gasteiger partial charge in [-0.05, 0) is 13.0 Å². The SMILES string of the molecule is CC[N+](C)(C)CCCC(=O)O.O=C([O-])C=CC(=O)O. The Kier molecular flexibility index (Phi) is 10.3. The van der Waals surface area contributed by atoms with Crippen molar-refractivity contribution in [1.29, 1.82) is 0 Å². The summed E-state index contributed by atoms with van der Waals surface area (Å²) in [6.07, 6.45) is 2.01. The van der Waals surface area contributed by atoms with Crippen molar-refractivity contribution in [3.8, 4) is 0 Å². The molecule has 110 valence electrons. The molecule has 0 aliphatic carbocycles. The van der Waals surface area contributed by atoms with Crippen LogP contribution in [0.3, 0.4) is 0 Å². The van der Waals surface area contributed by atoms with Crippen LogP contribution in [0.4, 0.5) is 0 Å². The number of quaternary nitrogens is 1. The maximum Gasteiger partial charge on any atom is 0.328 e. The molecule has 0 spiro atoms. The highest BCUT2D eigenvalue weighted by Gasteiger charge is 2.11. The van der Waals surface area contributed by atoms with Gasteiger partial charge in [-0.2, -0.15) is 0 Å². The molecule has 0 aromatic rings. The third-order valence-electron chi connectivity index (χ3n) is 2.37. The molecule has 0 rings (SSSR count). The van der Waals surface area contributed by atoms with E-state index in [9.17, 15) is 19.5 Å². The molecule has 0 aromatic carbocycles. The summed E-state index contributed by atoms with van der Waals surface area (Å²) < 4.78 is 0.910. The molecule has 0 aliphatic rings. The van der Waals surface area contributed by atoms with Crippen LogP contribution < -0.4 is 5.11 Å². The van der Waals surface area contributed by atoms with Crippen LogP contribution in [0.1, 0.15) is 19.8 Å². The topological polar surface area (TPSA) is 115 Å². The Hall–Kier alpha value is -1.89. The summed E-state index contributed by atoms with van der Waals surface area (Å²) >= 11 is 0. The Labute approximate surface area is 112 Å². The van der Waals surface area contributed by atoms with Gasteiger partial charge in [0.05, 0.1) is 39.6 Å². The van der Waals surface area contributed by atoms with E-state index in [0.717, 1.165) is 24.0 Å². The molecule has 2 N–H and O–H groups in total. The Morgan fingerprint density at radius 2 is 1.68 bits per heavy atom. The number of carboxylic acid groups (broad SMARTS) is 3. The second-order valence-electron chi connectivity index (χ2n) is 4.46. The summed E-state index contributed by atoms with van der Waals surface area (Å²) in [6, 6.07) is 0. The molecule has 19 heavy (non-hydrogen) atoms. The summed E-state index contributed by atoms with van der Waals surface area (Å²) in [5.74, 6) is -3.50. The van der Waals surface area contributed by atoms with Crippen LogP contribution >= 0.6 is 0 Å². The Balaban J connectivity index is 0. The van der Waals surface area contributed by atoms with E-state index in [2.05, 4.69) is 21.0 Å². The lowest BCUT2D eigenvalue weighted by molar-refractivity contribution is -0.888. The molecule has 7 nitrogen and oxygen atoms in total. The molecule has 0 amide bonds. The van der Waals surface area contributed by atoms with Gasteiger partial charge in [0.2, 0.25) is 0 Å². The molecule has 0 heterocycles. The summed E-state index contributed by atoms with van der Waals surface area (Å²) in [5, 5.41) is 25.6. The number of carboxylic acids is 3. The number of hydrogen-bond acceptors (Lipinski definition) is 4. The number of nitrogens with zero attached hydrogens (tertiary/aromatic N) is 1. The lowest BCUT2D eigenvalue weighted by Gasteiger charge is -2.27. The van der Waals surface area contributed by atoms with Gasteiger partial charge in [-0.3, -0.25) is 4.79 Å². The quantitative estimate of drug-likeness (QED) is 0.470. The smallest absolute Gasteiger partial charge is 0.328 e. The largest absolute Gasteiger partial charge is 0.545 e. The van der Waals surface area contributed by atoms with E-state index < -0.39 is 17.9 Å². The minimum Gasteiger partial charge on any atom is -0.545 e. The van der Waals surface area contributed by atoms with E-state index in [-0.39, 0.29) is 0 Å². The zero-order valence-corrected chi connectivity index (χ0v) is 11.5. The summed E-state index contributed by atoms with van der Waals surface area (Å²) in [4.78, 5) is 29.1.